The van der Waals surface area contributed by atoms with Crippen molar-refractivity contribution < 1.29 is 53.4 Å². The minimum atomic E-state index is -5.27. The zero-order valence-electron chi connectivity index (χ0n) is 13.8. The van der Waals surface area contributed by atoms with E-state index in [0.717, 1.165) is 0 Å². The Balaban J connectivity index is 2.57. The molecule has 1 amide bonds. The van der Waals surface area contributed by atoms with Crippen molar-refractivity contribution in [2.45, 2.75) is 12.4 Å². The Bertz CT molecular complexity index is 904. The number of alkyl halides is 6. The Hall–Kier alpha value is -2.99. The maximum atomic E-state index is 13.9. The molecule has 29 heavy (non-hydrogen) atoms. The molecule has 0 spiro atoms. The number of carbonyl (C=O) groups is 1. The van der Waals surface area contributed by atoms with Gasteiger partial charge in [0.05, 0.1) is 18.2 Å². The van der Waals surface area contributed by atoms with Crippen LogP contribution in [-0.2, 0) is 12.4 Å². The van der Waals surface area contributed by atoms with Crippen molar-refractivity contribution in [3.05, 3.63) is 58.2 Å². The molecule has 0 aliphatic rings. The number of hydrogen-bond acceptors (Lipinski definition) is 2. The van der Waals surface area contributed by atoms with Crippen molar-refractivity contribution >= 4 is 11.6 Å². The molecule has 0 saturated heterocycles. The lowest BCUT2D eigenvalue weighted by Gasteiger charge is -2.15. The van der Waals surface area contributed by atoms with Gasteiger partial charge in [-0.3, -0.25) is 4.79 Å². The molecule has 2 aromatic rings. The van der Waals surface area contributed by atoms with E-state index in [2.05, 4.69) is 4.74 Å². The SMILES string of the molecule is COc1c(F)c(F)c(C(=O)Nc2cc(C(F)(F)F)cc(C(F)(F)F)c2)c(F)c1F. The molecule has 0 aromatic heterocycles. The molecule has 2 rings (SSSR count). The average Bonchev–Trinajstić information content (AvgIpc) is 2.59. The normalized spacial score (nSPS) is 12.1. The van der Waals surface area contributed by atoms with Gasteiger partial charge in [-0.25, -0.2) is 8.78 Å². The predicted molar refractivity (Wildman–Crippen MR) is 77.2 cm³/mol. The number of amides is 1. The molecule has 0 saturated carbocycles. The summed E-state index contributed by atoms with van der Waals surface area (Å²) in [6.45, 7) is 0. The van der Waals surface area contributed by atoms with E-state index in [1.807, 2.05) is 0 Å². The molecular weight excluding hydrogens is 428 g/mol. The Morgan fingerprint density at radius 2 is 1.21 bits per heavy atom. The van der Waals surface area contributed by atoms with Gasteiger partial charge in [0, 0.05) is 5.69 Å². The van der Waals surface area contributed by atoms with Crippen molar-refractivity contribution in [2.75, 3.05) is 12.4 Å². The van der Waals surface area contributed by atoms with Crippen LogP contribution in [0.15, 0.2) is 18.2 Å². The summed E-state index contributed by atoms with van der Waals surface area (Å²) in [4.78, 5) is 12.0. The third-order valence-corrected chi connectivity index (χ3v) is 3.50. The third-order valence-electron chi connectivity index (χ3n) is 3.50. The van der Waals surface area contributed by atoms with Crippen molar-refractivity contribution in [1.29, 1.82) is 0 Å². The van der Waals surface area contributed by atoms with E-state index in [0.29, 0.717) is 7.11 Å². The molecule has 3 nitrogen and oxygen atoms in total. The van der Waals surface area contributed by atoms with Crippen LogP contribution in [0, 0.1) is 23.3 Å². The Morgan fingerprint density at radius 3 is 1.55 bits per heavy atom. The topological polar surface area (TPSA) is 38.3 Å². The van der Waals surface area contributed by atoms with Gasteiger partial charge >= 0.3 is 12.4 Å². The first-order valence-electron chi connectivity index (χ1n) is 7.19. The average molecular weight is 435 g/mol. The van der Waals surface area contributed by atoms with Gasteiger partial charge in [-0.05, 0) is 18.2 Å². The van der Waals surface area contributed by atoms with E-state index in [-0.39, 0.29) is 18.2 Å². The van der Waals surface area contributed by atoms with E-state index >= 15 is 0 Å². The highest BCUT2D eigenvalue weighted by Gasteiger charge is 2.37. The summed E-state index contributed by atoms with van der Waals surface area (Å²) in [6, 6.07) is -0.179. The summed E-state index contributed by atoms with van der Waals surface area (Å²) in [7, 11) is 0.654. The monoisotopic (exact) mass is 435 g/mol. The van der Waals surface area contributed by atoms with Crippen LogP contribution in [0.5, 0.6) is 5.75 Å². The fraction of sp³-hybridized carbons (Fsp3) is 0.188. The van der Waals surface area contributed by atoms with Crippen LogP contribution in [0.25, 0.3) is 0 Å². The second-order valence-corrected chi connectivity index (χ2v) is 5.41. The molecule has 158 valence electrons. The molecule has 13 heteroatoms. The zero-order chi connectivity index (χ0) is 22.3. The van der Waals surface area contributed by atoms with E-state index in [4.69, 9.17) is 0 Å². The molecular formula is C16H7F10NO2. The van der Waals surface area contributed by atoms with Crippen LogP contribution in [-0.4, -0.2) is 13.0 Å². The van der Waals surface area contributed by atoms with Crippen molar-refractivity contribution in [3.8, 4) is 5.75 Å². The Labute approximate surface area is 154 Å². The highest BCUT2D eigenvalue weighted by molar-refractivity contribution is 6.05. The number of hydrogen-bond donors (Lipinski definition) is 1. The minimum Gasteiger partial charge on any atom is -0.491 e. The summed E-state index contributed by atoms with van der Waals surface area (Å²) >= 11 is 0. The number of carbonyl (C=O) groups excluding carboxylic acids is 1. The first-order valence-corrected chi connectivity index (χ1v) is 7.19. The summed E-state index contributed by atoms with van der Waals surface area (Å²) in [5.41, 5.74) is -6.76. The Morgan fingerprint density at radius 1 is 0.793 bits per heavy atom. The van der Waals surface area contributed by atoms with E-state index in [9.17, 15) is 48.7 Å². The standard InChI is InChI=1S/C16H7F10NO2/c1-29-13-11(19)9(17)8(10(18)12(13)20)14(28)27-7-3-5(15(21,22)23)2-6(4-7)16(24,25)26/h2-4H,1H3,(H,27,28). The summed E-state index contributed by atoms with van der Waals surface area (Å²) in [6.07, 6.45) is -10.5. The Kier molecular flexibility index (Phi) is 5.72. The molecule has 0 bridgehead atoms. The number of benzene rings is 2. The van der Waals surface area contributed by atoms with E-state index < -0.39 is 69.7 Å². The van der Waals surface area contributed by atoms with Crippen LogP contribution < -0.4 is 10.1 Å². The summed E-state index contributed by atoms with van der Waals surface area (Å²) < 4.78 is 136. The van der Waals surface area contributed by atoms with Gasteiger partial charge in [0.25, 0.3) is 5.91 Å². The minimum absolute atomic E-state index is 0.0409. The fourth-order valence-corrected chi connectivity index (χ4v) is 2.21. The van der Waals surface area contributed by atoms with Crippen molar-refractivity contribution in [1.82, 2.24) is 0 Å². The van der Waals surface area contributed by atoms with E-state index in [1.165, 1.54) is 5.32 Å². The number of ether oxygens (including phenoxy) is 1. The number of rotatable bonds is 3. The molecule has 2 aromatic carbocycles. The van der Waals surface area contributed by atoms with Gasteiger partial charge in [0.2, 0.25) is 11.6 Å². The number of nitrogens with one attached hydrogen (secondary N) is 1. The second-order valence-electron chi connectivity index (χ2n) is 5.41. The summed E-state index contributed by atoms with van der Waals surface area (Å²) in [5.74, 6) is -12.3. The molecule has 0 atom stereocenters. The van der Waals surface area contributed by atoms with Crippen LogP contribution in [0.1, 0.15) is 21.5 Å². The highest BCUT2D eigenvalue weighted by atomic mass is 19.4. The van der Waals surface area contributed by atoms with Crippen LogP contribution >= 0.6 is 0 Å². The van der Waals surface area contributed by atoms with Gasteiger partial charge in [0.15, 0.2) is 17.4 Å². The summed E-state index contributed by atoms with van der Waals surface area (Å²) in [5, 5.41) is 1.36. The van der Waals surface area contributed by atoms with Gasteiger partial charge < -0.3 is 10.1 Å². The molecule has 0 heterocycles. The van der Waals surface area contributed by atoms with E-state index in [1.54, 1.807) is 0 Å². The first-order chi connectivity index (χ1) is 13.2. The van der Waals surface area contributed by atoms with Crippen molar-refractivity contribution in [2.24, 2.45) is 0 Å². The second kappa shape index (κ2) is 7.44. The maximum absolute atomic E-state index is 13.9. The predicted octanol–water partition coefficient (Wildman–Crippen LogP) is 5.54. The largest absolute Gasteiger partial charge is 0.491 e. The number of methoxy groups -OCH3 is 1. The fourth-order valence-electron chi connectivity index (χ4n) is 2.21. The highest BCUT2D eigenvalue weighted by Crippen LogP contribution is 2.38. The van der Waals surface area contributed by atoms with Crippen LogP contribution in [0.2, 0.25) is 0 Å². The number of anilines is 1. The maximum Gasteiger partial charge on any atom is 0.416 e. The molecule has 0 aliphatic heterocycles. The van der Waals surface area contributed by atoms with Gasteiger partial charge in [-0.15, -0.1) is 0 Å². The van der Waals surface area contributed by atoms with Gasteiger partial charge in [0.1, 0.15) is 5.56 Å². The number of halogens is 10. The molecule has 1 N–H and O–H groups in total. The van der Waals surface area contributed by atoms with Crippen molar-refractivity contribution in [3.63, 3.8) is 0 Å². The van der Waals surface area contributed by atoms with Gasteiger partial charge in [-0.1, -0.05) is 0 Å². The zero-order valence-corrected chi connectivity index (χ0v) is 13.8. The van der Waals surface area contributed by atoms with Crippen LogP contribution in [0.4, 0.5) is 49.6 Å². The quantitative estimate of drug-likeness (QED) is 0.508. The first kappa shape index (κ1) is 22.3. The molecule has 0 fully saturated rings. The molecule has 0 unspecified atom stereocenters. The lowest BCUT2D eigenvalue weighted by atomic mass is 10.1. The lowest BCUT2D eigenvalue weighted by Crippen LogP contribution is -2.20. The molecule has 0 aliphatic carbocycles. The van der Waals surface area contributed by atoms with Gasteiger partial charge in [-0.2, -0.15) is 35.1 Å². The molecule has 0 radical (unpaired) electrons. The third kappa shape index (κ3) is 4.38. The smallest absolute Gasteiger partial charge is 0.416 e. The lowest BCUT2D eigenvalue weighted by molar-refractivity contribution is -0.143. The van der Waals surface area contributed by atoms with Crippen LogP contribution in [0.3, 0.4) is 0 Å².